The molecule has 1 amide bonds. The Labute approximate surface area is 260 Å². The molecule has 9 nitrogen and oxygen atoms in total. The Bertz CT molecular complexity index is 1570. The number of nitrogens with zero attached hydrogens (tertiary/aromatic N) is 7. The second kappa shape index (κ2) is 12.8. The summed E-state index contributed by atoms with van der Waals surface area (Å²) in [6, 6.07) is 13.2. The number of carbonyl (C=O) groups excluding carboxylic acids is 1. The smallest absolute Gasteiger partial charge is 0.318 e. The van der Waals surface area contributed by atoms with Crippen LogP contribution in [0.5, 0.6) is 6.01 Å². The Kier molecular flexibility index (Phi) is 8.72. The van der Waals surface area contributed by atoms with E-state index in [2.05, 4.69) is 83.4 Å². The quantitative estimate of drug-likeness (QED) is 0.249. The molecule has 3 aromatic rings. The number of fused-ring (bicyclic) bond motifs is 2. The minimum Gasteiger partial charge on any atom is -0.459 e. The van der Waals surface area contributed by atoms with E-state index in [1.54, 1.807) is 4.90 Å². The molecule has 2 fully saturated rings. The molecule has 0 bridgehead atoms. The van der Waals surface area contributed by atoms with Gasteiger partial charge in [-0.2, -0.15) is 9.97 Å². The number of hydrogen-bond acceptors (Lipinski definition) is 7. The lowest BCUT2D eigenvalue weighted by Gasteiger charge is -2.41. The fourth-order valence-corrected chi connectivity index (χ4v) is 6.87. The number of rotatable bonds is 10. The van der Waals surface area contributed by atoms with Crippen LogP contribution >= 0.6 is 0 Å². The van der Waals surface area contributed by atoms with Gasteiger partial charge in [-0.1, -0.05) is 36.9 Å². The molecule has 1 saturated heterocycles. The number of likely N-dealkylation sites (N-methyl/N-ethyl adjacent to an activating group) is 1. The first-order valence-electron chi connectivity index (χ1n) is 15.8. The third-order valence-electron chi connectivity index (χ3n) is 9.14. The largest absolute Gasteiger partial charge is 0.459 e. The van der Waals surface area contributed by atoms with Gasteiger partial charge in [0.25, 0.3) is 0 Å². The molecule has 6 rings (SSSR count). The Morgan fingerprint density at radius 3 is 2.73 bits per heavy atom. The number of hydrogen-bond donors (Lipinski definition) is 0. The standard InChI is InChI=1S/C35H43N7O2/c1-6-32(43)42-18-17-41(22-28(42)19-36-4)34-29-15-16-40(31-12-8-11-27-10-7-9-24(2)33(27)31)23-30(29)37-35(38-34)44-25(3)20-39(5)21-26-13-14-26/h6-12,25-26,28H,1,13-23H2,2-3,5H3/t25-,28?/m1/s1. The highest BCUT2D eigenvalue weighted by molar-refractivity contribution is 5.97. The maximum atomic E-state index is 12.6. The van der Waals surface area contributed by atoms with Crippen molar-refractivity contribution in [2.45, 2.75) is 51.8 Å². The fraction of sp³-hybridized carbons (Fsp3) is 0.486. The maximum absolute atomic E-state index is 12.6. The SMILES string of the molecule is [C-]#[N+]CC1CN(c2nc(O[C@H](C)CN(C)CC3CC3)nc3c2CCN(c2cccc4cccc(C)c24)C3)CCN1C(=O)C=C. The average Bonchev–Trinajstić information content (AvgIpc) is 3.83. The first kappa shape index (κ1) is 29.9. The lowest BCUT2D eigenvalue weighted by atomic mass is 9.99. The molecule has 2 aromatic carbocycles. The summed E-state index contributed by atoms with van der Waals surface area (Å²) < 4.78 is 6.43. The van der Waals surface area contributed by atoms with Crippen LogP contribution in [0.25, 0.3) is 15.6 Å². The number of benzene rings is 2. The van der Waals surface area contributed by atoms with E-state index in [9.17, 15) is 4.79 Å². The number of aromatic nitrogens is 2. The molecule has 44 heavy (non-hydrogen) atoms. The number of carbonyl (C=O) groups is 1. The molecule has 9 heteroatoms. The molecular formula is C35H43N7O2. The normalized spacial score (nSPS) is 19.1. The predicted octanol–water partition coefficient (Wildman–Crippen LogP) is 4.73. The van der Waals surface area contributed by atoms with Gasteiger partial charge < -0.3 is 29.2 Å². The van der Waals surface area contributed by atoms with Crippen molar-refractivity contribution in [3.63, 3.8) is 0 Å². The summed E-state index contributed by atoms with van der Waals surface area (Å²) in [5.74, 6) is 1.56. The van der Waals surface area contributed by atoms with Gasteiger partial charge in [-0.05, 0) is 69.2 Å². The van der Waals surface area contributed by atoms with Crippen LogP contribution in [0.4, 0.5) is 11.5 Å². The number of anilines is 2. The summed E-state index contributed by atoms with van der Waals surface area (Å²) in [5.41, 5.74) is 4.59. The molecule has 230 valence electrons. The first-order valence-corrected chi connectivity index (χ1v) is 15.8. The summed E-state index contributed by atoms with van der Waals surface area (Å²) in [6.45, 7) is 20.8. The molecule has 0 spiro atoms. The minimum absolute atomic E-state index is 0.0676. The van der Waals surface area contributed by atoms with Crippen molar-refractivity contribution in [2.75, 3.05) is 62.7 Å². The van der Waals surface area contributed by atoms with Crippen LogP contribution in [0.3, 0.4) is 0 Å². The van der Waals surface area contributed by atoms with Gasteiger partial charge in [0.1, 0.15) is 18.0 Å². The van der Waals surface area contributed by atoms with Gasteiger partial charge in [-0.15, -0.1) is 0 Å². The monoisotopic (exact) mass is 593 g/mol. The van der Waals surface area contributed by atoms with Crippen LogP contribution in [-0.2, 0) is 17.8 Å². The summed E-state index contributed by atoms with van der Waals surface area (Å²) >= 11 is 0. The van der Waals surface area contributed by atoms with Crippen LogP contribution in [0.15, 0.2) is 49.1 Å². The molecule has 2 atom stereocenters. The van der Waals surface area contributed by atoms with Gasteiger partial charge >= 0.3 is 6.01 Å². The zero-order valence-electron chi connectivity index (χ0n) is 26.2. The maximum Gasteiger partial charge on any atom is 0.318 e. The molecule has 1 saturated carbocycles. The van der Waals surface area contributed by atoms with Crippen LogP contribution in [-0.4, -0.2) is 90.7 Å². The molecule has 1 unspecified atom stereocenters. The predicted molar refractivity (Wildman–Crippen MR) is 175 cm³/mol. The van der Waals surface area contributed by atoms with Crippen molar-refractivity contribution in [3.05, 3.63) is 77.3 Å². The van der Waals surface area contributed by atoms with Crippen LogP contribution in [0.1, 0.15) is 36.6 Å². The van der Waals surface area contributed by atoms with E-state index < -0.39 is 0 Å². The Hall–Kier alpha value is -4.16. The highest BCUT2D eigenvalue weighted by Crippen LogP contribution is 2.36. The number of aryl methyl sites for hydroxylation is 1. The van der Waals surface area contributed by atoms with Crippen molar-refractivity contribution in [2.24, 2.45) is 5.92 Å². The molecule has 0 N–H and O–H groups in total. The van der Waals surface area contributed by atoms with Gasteiger partial charge in [-0.3, -0.25) is 4.79 Å². The van der Waals surface area contributed by atoms with Gasteiger partial charge in [-0.25, -0.2) is 6.57 Å². The Morgan fingerprint density at radius 1 is 1.18 bits per heavy atom. The highest BCUT2D eigenvalue weighted by atomic mass is 16.5. The van der Waals surface area contributed by atoms with E-state index in [0.29, 0.717) is 32.2 Å². The van der Waals surface area contributed by atoms with E-state index in [-0.39, 0.29) is 24.6 Å². The second-order valence-electron chi connectivity index (χ2n) is 12.6. The van der Waals surface area contributed by atoms with Crippen molar-refractivity contribution in [1.29, 1.82) is 0 Å². The second-order valence-corrected chi connectivity index (χ2v) is 12.6. The fourth-order valence-electron chi connectivity index (χ4n) is 6.87. The minimum atomic E-state index is -0.226. The van der Waals surface area contributed by atoms with E-state index in [4.69, 9.17) is 21.3 Å². The van der Waals surface area contributed by atoms with E-state index in [1.165, 1.54) is 40.9 Å². The Balaban J connectivity index is 1.32. The summed E-state index contributed by atoms with van der Waals surface area (Å²) in [6.07, 6.45) is 4.72. The summed E-state index contributed by atoms with van der Waals surface area (Å²) in [5, 5.41) is 2.52. The van der Waals surface area contributed by atoms with Crippen molar-refractivity contribution < 1.29 is 9.53 Å². The van der Waals surface area contributed by atoms with E-state index in [0.717, 1.165) is 49.0 Å². The average molecular weight is 594 g/mol. The van der Waals surface area contributed by atoms with Crippen molar-refractivity contribution in [3.8, 4) is 6.01 Å². The molecule has 3 aliphatic rings. The third-order valence-corrected chi connectivity index (χ3v) is 9.14. The molecule has 1 aliphatic carbocycles. The molecule has 3 heterocycles. The lowest BCUT2D eigenvalue weighted by Crippen LogP contribution is -2.56. The third kappa shape index (κ3) is 6.36. The van der Waals surface area contributed by atoms with E-state index >= 15 is 0 Å². The van der Waals surface area contributed by atoms with Crippen LogP contribution in [0, 0.1) is 19.4 Å². The van der Waals surface area contributed by atoms with Crippen molar-refractivity contribution >= 4 is 28.2 Å². The topological polar surface area (TPSA) is 69.4 Å². The van der Waals surface area contributed by atoms with Gasteiger partial charge in [0.2, 0.25) is 12.5 Å². The zero-order chi connectivity index (χ0) is 30.8. The molecular weight excluding hydrogens is 550 g/mol. The number of piperazine rings is 1. The van der Waals surface area contributed by atoms with E-state index in [1.807, 2.05) is 0 Å². The summed E-state index contributed by atoms with van der Waals surface area (Å²) in [7, 11) is 2.16. The van der Waals surface area contributed by atoms with Crippen LogP contribution in [0.2, 0.25) is 0 Å². The lowest BCUT2D eigenvalue weighted by molar-refractivity contribution is -0.128. The number of amides is 1. The summed E-state index contributed by atoms with van der Waals surface area (Å²) in [4.78, 5) is 35.1. The molecule has 0 radical (unpaired) electrons. The van der Waals surface area contributed by atoms with Gasteiger partial charge in [0.15, 0.2) is 0 Å². The first-order chi connectivity index (χ1) is 21.3. The van der Waals surface area contributed by atoms with Gasteiger partial charge in [0, 0.05) is 55.9 Å². The Morgan fingerprint density at radius 2 is 1.98 bits per heavy atom. The number of ether oxygens (including phenoxy) is 1. The van der Waals surface area contributed by atoms with Gasteiger partial charge in [0.05, 0.1) is 12.2 Å². The molecule has 2 aliphatic heterocycles. The molecule has 1 aromatic heterocycles. The van der Waals surface area contributed by atoms with Crippen molar-refractivity contribution in [1.82, 2.24) is 19.8 Å². The highest BCUT2D eigenvalue weighted by Gasteiger charge is 2.35. The van der Waals surface area contributed by atoms with Crippen LogP contribution < -0.4 is 14.5 Å². The zero-order valence-corrected chi connectivity index (χ0v) is 26.2.